The zero-order chi connectivity index (χ0) is 20.1. The second-order valence-corrected chi connectivity index (χ2v) is 7.69. The Morgan fingerprint density at radius 1 is 1.07 bits per heavy atom. The summed E-state index contributed by atoms with van der Waals surface area (Å²) < 4.78 is 5.45. The maximum Gasteiger partial charge on any atom is 0.303 e. The van der Waals surface area contributed by atoms with Crippen molar-refractivity contribution in [2.45, 2.75) is 37.7 Å². The first-order valence-corrected chi connectivity index (χ1v) is 9.97. The molecule has 0 spiro atoms. The van der Waals surface area contributed by atoms with Crippen LogP contribution in [0, 0.1) is 0 Å². The lowest BCUT2D eigenvalue weighted by atomic mass is 9.92. The predicted molar refractivity (Wildman–Crippen MR) is 103 cm³/mol. The molecule has 2 unspecified atom stereocenters. The molecule has 2 saturated heterocycles. The number of carbonyl (C=O) groups is 3. The molecule has 2 amide bonds. The molecule has 2 heterocycles. The molecule has 0 saturated carbocycles. The fourth-order valence-corrected chi connectivity index (χ4v) is 3.87. The van der Waals surface area contributed by atoms with Crippen LogP contribution in [0.25, 0.3) is 0 Å². The summed E-state index contributed by atoms with van der Waals surface area (Å²) in [5.41, 5.74) is 0.785. The van der Waals surface area contributed by atoms with E-state index in [4.69, 9.17) is 16.3 Å². The standard InChI is InChI=1S/C20H25ClN2O5/c21-16-5-3-14(4-6-16)15(13-19(25)26)12-18(24)22-7-9-23(10-8-22)20(27)17-2-1-11-28-17/h3-6,15,17H,1-2,7-13H2,(H,25,26). The fourth-order valence-electron chi connectivity index (χ4n) is 3.75. The number of halogens is 1. The number of carbonyl (C=O) groups excluding carboxylic acids is 2. The average Bonchev–Trinajstić information content (AvgIpc) is 3.22. The summed E-state index contributed by atoms with van der Waals surface area (Å²) in [5.74, 6) is -1.44. The number of benzene rings is 1. The van der Waals surface area contributed by atoms with Crippen LogP contribution in [0.4, 0.5) is 0 Å². The number of aliphatic carboxylic acids is 1. The number of amides is 2. The fraction of sp³-hybridized carbons (Fsp3) is 0.550. The SMILES string of the molecule is O=C(O)CC(CC(=O)N1CCN(C(=O)C2CCCO2)CC1)c1ccc(Cl)cc1. The van der Waals surface area contributed by atoms with Crippen molar-refractivity contribution in [3.05, 3.63) is 34.9 Å². The van der Waals surface area contributed by atoms with Crippen LogP contribution in [-0.4, -0.2) is 71.6 Å². The molecule has 3 rings (SSSR count). The number of carboxylic acids is 1. The van der Waals surface area contributed by atoms with Gasteiger partial charge in [-0.1, -0.05) is 23.7 Å². The van der Waals surface area contributed by atoms with Crippen molar-refractivity contribution in [3.63, 3.8) is 0 Å². The molecule has 2 fully saturated rings. The first kappa shape index (κ1) is 20.6. The van der Waals surface area contributed by atoms with Crippen molar-refractivity contribution >= 4 is 29.4 Å². The van der Waals surface area contributed by atoms with Gasteiger partial charge in [-0.05, 0) is 30.5 Å². The van der Waals surface area contributed by atoms with Gasteiger partial charge in [0.25, 0.3) is 5.91 Å². The molecule has 2 aliphatic rings. The Balaban J connectivity index is 1.56. The lowest BCUT2D eigenvalue weighted by molar-refractivity contribution is -0.146. The van der Waals surface area contributed by atoms with Crippen LogP contribution >= 0.6 is 11.6 Å². The van der Waals surface area contributed by atoms with Crippen molar-refractivity contribution in [1.82, 2.24) is 9.80 Å². The minimum absolute atomic E-state index is 0.00881. The number of nitrogens with zero attached hydrogens (tertiary/aromatic N) is 2. The monoisotopic (exact) mass is 408 g/mol. The van der Waals surface area contributed by atoms with Crippen LogP contribution in [0.5, 0.6) is 0 Å². The number of hydrogen-bond donors (Lipinski definition) is 1. The molecule has 28 heavy (non-hydrogen) atoms. The first-order valence-electron chi connectivity index (χ1n) is 9.59. The summed E-state index contributed by atoms with van der Waals surface area (Å²) in [6.45, 7) is 2.50. The lowest BCUT2D eigenvalue weighted by Crippen LogP contribution is -2.53. The average molecular weight is 409 g/mol. The second kappa shape index (κ2) is 9.39. The van der Waals surface area contributed by atoms with Gasteiger partial charge in [-0.3, -0.25) is 14.4 Å². The molecule has 1 N–H and O–H groups in total. The van der Waals surface area contributed by atoms with Gasteiger partial charge in [-0.15, -0.1) is 0 Å². The molecular formula is C20H25ClN2O5. The molecule has 7 nitrogen and oxygen atoms in total. The van der Waals surface area contributed by atoms with Gasteiger partial charge >= 0.3 is 5.97 Å². The molecular weight excluding hydrogens is 384 g/mol. The Morgan fingerprint density at radius 2 is 1.71 bits per heavy atom. The highest BCUT2D eigenvalue weighted by molar-refractivity contribution is 6.30. The summed E-state index contributed by atoms with van der Waals surface area (Å²) in [4.78, 5) is 39.9. The Hall–Kier alpha value is -2.12. The number of rotatable bonds is 6. The van der Waals surface area contributed by atoms with E-state index in [1.165, 1.54) is 0 Å². The number of ether oxygens (including phenoxy) is 1. The van der Waals surface area contributed by atoms with Gasteiger partial charge < -0.3 is 19.6 Å². The lowest BCUT2D eigenvalue weighted by Gasteiger charge is -2.36. The third kappa shape index (κ3) is 5.23. The largest absolute Gasteiger partial charge is 0.481 e. The molecule has 8 heteroatoms. The summed E-state index contributed by atoms with van der Waals surface area (Å²) in [6.07, 6.45) is 1.32. The molecule has 0 aliphatic carbocycles. The molecule has 2 aliphatic heterocycles. The Kier molecular flexibility index (Phi) is 6.91. The van der Waals surface area contributed by atoms with Crippen molar-refractivity contribution in [2.24, 2.45) is 0 Å². The van der Waals surface area contributed by atoms with Crippen LogP contribution in [0.2, 0.25) is 5.02 Å². The van der Waals surface area contributed by atoms with Crippen LogP contribution < -0.4 is 0 Å². The maximum atomic E-state index is 12.7. The zero-order valence-electron chi connectivity index (χ0n) is 15.7. The van der Waals surface area contributed by atoms with Crippen molar-refractivity contribution in [2.75, 3.05) is 32.8 Å². The molecule has 0 bridgehead atoms. The minimum Gasteiger partial charge on any atom is -0.481 e. The van der Waals surface area contributed by atoms with Crippen molar-refractivity contribution < 1.29 is 24.2 Å². The highest BCUT2D eigenvalue weighted by Crippen LogP contribution is 2.26. The highest BCUT2D eigenvalue weighted by atomic mass is 35.5. The van der Waals surface area contributed by atoms with E-state index in [0.717, 1.165) is 18.4 Å². The van der Waals surface area contributed by atoms with E-state index in [9.17, 15) is 19.5 Å². The Morgan fingerprint density at radius 3 is 2.29 bits per heavy atom. The van der Waals surface area contributed by atoms with Gasteiger partial charge in [0.15, 0.2) is 0 Å². The van der Waals surface area contributed by atoms with Gasteiger partial charge in [0.2, 0.25) is 5.91 Å². The molecule has 1 aromatic rings. The first-order chi connectivity index (χ1) is 13.4. The van der Waals surface area contributed by atoms with Gasteiger partial charge in [0, 0.05) is 50.1 Å². The third-order valence-corrected chi connectivity index (χ3v) is 5.58. The smallest absolute Gasteiger partial charge is 0.303 e. The van der Waals surface area contributed by atoms with Gasteiger partial charge in [0.1, 0.15) is 6.10 Å². The third-order valence-electron chi connectivity index (χ3n) is 5.33. The van der Waals surface area contributed by atoms with Crippen LogP contribution in [0.3, 0.4) is 0 Å². The normalized spacial score (nSPS) is 20.8. The van der Waals surface area contributed by atoms with Gasteiger partial charge in [-0.2, -0.15) is 0 Å². The van der Waals surface area contributed by atoms with Crippen LogP contribution in [-0.2, 0) is 19.1 Å². The topological polar surface area (TPSA) is 87.2 Å². The Labute approximate surface area is 169 Å². The van der Waals surface area contributed by atoms with E-state index in [1.54, 1.807) is 34.1 Å². The molecule has 2 atom stereocenters. The summed E-state index contributed by atoms with van der Waals surface area (Å²) in [7, 11) is 0. The number of carboxylic acid groups (broad SMARTS) is 1. The van der Waals surface area contributed by atoms with E-state index in [0.29, 0.717) is 37.8 Å². The van der Waals surface area contributed by atoms with Crippen LogP contribution in [0.15, 0.2) is 24.3 Å². The quantitative estimate of drug-likeness (QED) is 0.779. The molecule has 0 aromatic heterocycles. The minimum atomic E-state index is -0.945. The second-order valence-electron chi connectivity index (χ2n) is 7.26. The predicted octanol–water partition coefficient (Wildman–Crippen LogP) is 2.14. The zero-order valence-corrected chi connectivity index (χ0v) is 16.4. The highest BCUT2D eigenvalue weighted by Gasteiger charge is 2.32. The van der Waals surface area contributed by atoms with Crippen molar-refractivity contribution in [1.29, 1.82) is 0 Å². The van der Waals surface area contributed by atoms with E-state index in [1.807, 2.05) is 0 Å². The van der Waals surface area contributed by atoms with Gasteiger partial charge in [-0.25, -0.2) is 0 Å². The van der Waals surface area contributed by atoms with E-state index >= 15 is 0 Å². The number of piperazine rings is 1. The summed E-state index contributed by atoms with van der Waals surface area (Å²) >= 11 is 5.90. The summed E-state index contributed by atoms with van der Waals surface area (Å²) in [6, 6.07) is 6.93. The summed E-state index contributed by atoms with van der Waals surface area (Å²) in [5, 5.41) is 9.78. The molecule has 0 radical (unpaired) electrons. The number of hydrogen-bond acceptors (Lipinski definition) is 4. The van der Waals surface area contributed by atoms with Crippen molar-refractivity contribution in [3.8, 4) is 0 Å². The van der Waals surface area contributed by atoms with E-state index in [2.05, 4.69) is 0 Å². The Bertz CT molecular complexity index is 710. The van der Waals surface area contributed by atoms with Crippen LogP contribution in [0.1, 0.15) is 37.2 Å². The maximum absolute atomic E-state index is 12.7. The molecule has 1 aromatic carbocycles. The molecule has 152 valence electrons. The van der Waals surface area contributed by atoms with E-state index < -0.39 is 11.9 Å². The van der Waals surface area contributed by atoms with Gasteiger partial charge in [0.05, 0.1) is 6.42 Å². The van der Waals surface area contributed by atoms with E-state index in [-0.39, 0.29) is 30.8 Å².